The normalized spacial score (nSPS) is 11.4. The van der Waals surface area contributed by atoms with E-state index in [-0.39, 0.29) is 0 Å². The van der Waals surface area contributed by atoms with Gasteiger partial charge in [0, 0.05) is 27.7 Å². The third-order valence-corrected chi connectivity index (χ3v) is 11.6. The summed E-state index contributed by atoms with van der Waals surface area (Å²) in [4.78, 5) is 2.50. The van der Waals surface area contributed by atoms with Crippen molar-refractivity contribution in [1.82, 2.24) is 4.57 Å². The molecule has 0 N–H and O–H groups in total. The molecule has 0 atom stereocenters. The van der Waals surface area contributed by atoms with Crippen LogP contribution in [0.2, 0.25) is 0 Å². The summed E-state index contributed by atoms with van der Waals surface area (Å²) < 4.78 is 2.41. The highest BCUT2D eigenvalue weighted by molar-refractivity contribution is 6.18. The fraction of sp³-hybridized carbons (Fsp3) is 0. The van der Waals surface area contributed by atoms with Gasteiger partial charge in [-0.15, -0.1) is 0 Å². The van der Waals surface area contributed by atoms with E-state index >= 15 is 0 Å². The van der Waals surface area contributed by atoms with Crippen LogP contribution in [0.25, 0.3) is 82.4 Å². The molecule has 0 aliphatic carbocycles. The first-order valence-corrected chi connectivity index (χ1v) is 19.9. The number of nitrogens with zero attached hydrogens (tertiary/aromatic N) is 2. The molecule has 2 heteroatoms. The van der Waals surface area contributed by atoms with Gasteiger partial charge in [-0.25, -0.2) is 0 Å². The maximum atomic E-state index is 2.50. The summed E-state index contributed by atoms with van der Waals surface area (Å²) in [5, 5.41) is 7.30. The average molecular weight is 739 g/mol. The molecule has 58 heavy (non-hydrogen) atoms. The van der Waals surface area contributed by atoms with E-state index in [1.165, 1.54) is 71.2 Å². The highest BCUT2D eigenvalue weighted by Crippen LogP contribution is 2.50. The Balaban J connectivity index is 1.27. The molecule has 0 aliphatic heterocycles. The van der Waals surface area contributed by atoms with E-state index in [2.05, 4.69) is 240 Å². The van der Waals surface area contributed by atoms with Gasteiger partial charge in [-0.1, -0.05) is 182 Å². The fourth-order valence-electron chi connectivity index (χ4n) is 9.02. The van der Waals surface area contributed by atoms with Crippen molar-refractivity contribution in [2.24, 2.45) is 0 Å². The summed E-state index contributed by atoms with van der Waals surface area (Å²) in [6, 6.07) is 83.8. The molecule has 0 aliphatic rings. The second-order valence-corrected chi connectivity index (χ2v) is 14.9. The monoisotopic (exact) mass is 738 g/mol. The molecule has 10 aromatic carbocycles. The second-order valence-electron chi connectivity index (χ2n) is 14.9. The molecular weight excluding hydrogens is 701 g/mol. The molecule has 2 nitrogen and oxygen atoms in total. The van der Waals surface area contributed by atoms with Crippen molar-refractivity contribution in [3.05, 3.63) is 231 Å². The van der Waals surface area contributed by atoms with Crippen molar-refractivity contribution in [3.8, 4) is 39.1 Å². The van der Waals surface area contributed by atoms with Gasteiger partial charge in [0.1, 0.15) is 0 Å². The molecule has 1 aromatic heterocycles. The van der Waals surface area contributed by atoms with Crippen molar-refractivity contribution < 1.29 is 0 Å². The number of aromatic nitrogens is 1. The molecule has 0 saturated heterocycles. The highest BCUT2D eigenvalue weighted by atomic mass is 15.2. The summed E-state index contributed by atoms with van der Waals surface area (Å²) in [6.45, 7) is 0. The van der Waals surface area contributed by atoms with Crippen LogP contribution in [-0.4, -0.2) is 4.57 Å². The van der Waals surface area contributed by atoms with Gasteiger partial charge in [0.2, 0.25) is 0 Å². The van der Waals surface area contributed by atoms with Crippen molar-refractivity contribution in [3.63, 3.8) is 0 Å². The van der Waals surface area contributed by atoms with E-state index in [0.29, 0.717) is 0 Å². The Bertz CT molecular complexity index is 3260. The molecule has 0 unspecified atom stereocenters. The molecule has 0 saturated carbocycles. The third-order valence-electron chi connectivity index (χ3n) is 11.6. The van der Waals surface area contributed by atoms with E-state index in [0.717, 1.165) is 28.3 Å². The highest BCUT2D eigenvalue weighted by Gasteiger charge is 2.26. The van der Waals surface area contributed by atoms with E-state index in [4.69, 9.17) is 0 Å². The van der Waals surface area contributed by atoms with Gasteiger partial charge in [0.05, 0.1) is 22.4 Å². The summed E-state index contributed by atoms with van der Waals surface area (Å²) in [5.74, 6) is 0. The van der Waals surface area contributed by atoms with Crippen LogP contribution < -0.4 is 4.90 Å². The van der Waals surface area contributed by atoms with Crippen LogP contribution in [0.3, 0.4) is 0 Å². The maximum absolute atomic E-state index is 2.50. The van der Waals surface area contributed by atoms with Gasteiger partial charge < -0.3 is 9.47 Å². The van der Waals surface area contributed by atoms with E-state index in [1.807, 2.05) is 0 Å². The van der Waals surface area contributed by atoms with Crippen LogP contribution in [0, 0.1) is 0 Å². The predicted molar refractivity (Wildman–Crippen MR) is 247 cm³/mol. The lowest BCUT2D eigenvalue weighted by Gasteiger charge is -2.30. The minimum atomic E-state index is 1.08. The lowest BCUT2D eigenvalue weighted by Crippen LogP contribution is -2.12. The lowest BCUT2D eigenvalue weighted by atomic mass is 9.87. The molecule has 0 bridgehead atoms. The van der Waals surface area contributed by atoms with Crippen molar-refractivity contribution in [2.75, 3.05) is 4.90 Å². The number of anilines is 3. The van der Waals surface area contributed by atoms with Gasteiger partial charge in [-0.2, -0.15) is 0 Å². The van der Waals surface area contributed by atoms with Gasteiger partial charge >= 0.3 is 0 Å². The van der Waals surface area contributed by atoms with E-state index < -0.39 is 0 Å². The zero-order chi connectivity index (χ0) is 38.4. The third kappa shape index (κ3) is 5.57. The molecular formula is C56H38N2. The number of benzene rings is 10. The average Bonchev–Trinajstić information content (AvgIpc) is 3.64. The Labute approximate surface area is 338 Å². The molecule has 0 radical (unpaired) electrons. The maximum Gasteiger partial charge on any atom is 0.0562 e. The molecule has 11 aromatic rings. The number of hydrogen-bond donors (Lipinski definition) is 0. The minimum Gasteiger partial charge on any atom is -0.309 e. The first-order valence-electron chi connectivity index (χ1n) is 19.9. The minimum absolute atomic E-state index is 1.08. The van der Waals surface area contributed by atoms with Crippen molar-refractivity contribution in [2.45, 2.75) is 0 Å². The van der Waals surface area contributed by atoms with Crippen molar-refractivity contribution in [1.29, 1.82) is 0 Å². The largest absolute Gasteiger partial charge is 0.309 e. The first-order chi connectivity index (χ1) is 28.8. The zero-order valence-corrected chi connectivity index (χ0v) is 31.8. The Hall–Kier alpha value is -7.68. The SMILES string of the molecule is c1ccc(-c2ccc(N(c3cccc(-c4cccc5ccccc45)c3-c3cccc4ccccc34)c3cccc4c3c3ccccc3n4-c3ccccc3)cc2)cc1. The zero-order valence-electron chi connectivity index (χ0n) is 31.8. The van der Waals surface area contributed by atoms with Crippen LogP contribution in [0.4, 0.5) is 17.1 Å². The number of rotatable bonds is 7. The number of para-hydroxylation sites is 2. The molecule has 0 spiro atoms. The summed E-state index contributed by atoms with van der Waals surface area (Å²) >= 11 is 0. The molecule has 1 heterocycles. The first kappa shape index (κ1) is 33.6. The van der Waals surface area contributed by atoms with Gasteiger partial charge in [-0.05, 0) is 97.9 Å². The topological polar surface area (TPSA) is 8.17 Å². The van der Waals surface area contributed by atoms with Gasteiger partial charge in [0.25, 0.3) is 0 Å². The Morgan fingerprint density at radius 3 is 1.55 bits per heavy atom. The summed E-state index contributed by atoms with van der Waals surface area (Å²) in [6.07, 6.45) is 0. The molecule has 0 fully saturated rings. The Kier molecular flexibility index (Phi) is 8.19. The van der Waals surface area contributed by atoms with E-state index in [1.54, 1.807) is 0 Å². The van der Waals surface area contributed by atoms with Gasteiger partial charge in [0.15, 0.2) is 0 Å². The second kappa shape index (κ2) is 14.1. The number of hydrogen-bond acceptors (Lipinski definition) is 1. The number of fused-ring (bicyclic) bond motifs is 5. The fourth-order valence-corrected chi connectivity index (χ4v) is 9.02. The van der Waals surface area contributed by atoms with E-state index in [9.17, 15) is 0 Å². The van der Waals surface area contributed by atoms with Crippen LogP contribution >= 0.6 is 0 Å². The van der Waals surface area contributed by atoms with Crippen molar-refractivity contribution >= 4 is 60.4 Å². The van der Waals surface area contributed by atoms with Crippen LogP contribution in [0.1, 0.15) is 0 Å². The summed E-state index contributed by atoms with van der Waals surface area (Å²) in [7, 11) is 0. The summed E-state index contributed by atoms with van der Waals surface area (Å²) in [5.41, 5.74) is 13.9. The van der Waals surface area contributed by atoms with Crippen LogP contribution in [-0.2, 0) is 0 Å². The Morgan fingerprint density at radius 1 is 0.310 bits per heavy atom. The standard InChI is InChI=1S/C56H38N2/c1-3-17-39(18-4-1)40-35-37-44(38-36-40)58(54-34-16-33-53-56(54)50-27-11-12-31-51(50)57(53)43-23-5-2-6-24-43)52-32-15-30-49(47-28-13-21-41-19-7-9-25-45(41)47)55(52)48-29-14-22-42-20-8-10-26-46(42)48/h1-38H. The Morgan fingerprint density at radius 2 is 0.810 bits per heavy atom. The molecule has 0 amide bonds. The molecule has 11 rings (SSSR count). The van der Waals surface area contributed by atoms with Crippen LogP contribution in [0.5, 0.6) is 0 Å². The van der Waals surface area contributed by atoms with Crippen LogP contribution in [0.15, 0.2) is 231 Å². The van der Waals surface area contributed by atoms with Gasteiger partial charge in [-0.3, -0.25) is 0 Å². The molecule has 272 valence electrons. The quantitative estimate of drug-likeness (QED) is 0.158. The predicted octanol–water partition coefficient (Wildman–Crippen LogP) is 15.6. The lowest BCUT2D eigenvalue weighted by molar-refractivity contribution is 1.18. The smallest absolute Gasteiger partial charge is 0.0562 e.